The van der Waals surface area contributed by atoms with Crippen LogP contribution in [0.25, 0.3) is 0 Å². The van der Waals surface area contributed by atoms with Gasteiger partial charge in [0.25, 0.3) is 11.4 Å². The lowest BCUT2D eigenvalue weighted by Crippen LogP contribution is -2.42. The second kappa shape index (κ2) is 10.9. The fraction of sp³-hybridized carbons (Fsp3) is 0.409. The van der Waals surface area contributed by atoms with E-state index in [0.29, 0.717) is 0 Å². The fourth-order valence-electron chi connectivity index (χ4n) is 3.21. The lowest BCUT2D eigenvalue weighted by Gasteiger charge is -2.27. The summed E-state index contributed by atoms with van der Waals surface area (Å²) in [6.07, 6.45) is -2.91. The number of carbonyl (C=O) groups excluding carboxylic acids is 1. The lowest BCUT2D eigenvalue weighted by atomic mass is 10.1. The predicted octanol–water partition coefficient (Wildman–Crippen LogP) is 1.78. The molecule has 36 heavy (non-hydrogen) atoms. The molecule has 0 aliphatic carbocycles. The molecule has 3 rings (SSSR count). The standard InChI is InChI=1S/C22H27FN3O9P/c1-13(2)33-20(29)15(4)25-36(31,35-16-8-6-5-7-9-16)32-12-22(23)18(28)14(3)19(34-22)26-11-10-17(27)24-21(26)30/h5-11,13,15,18-19,28H,3,12H2,1-2,4H3,(H,25,31)(H,24,27,30). The van der Waals surface area contributed by atoms with E-state index >= 15 is 4.39 Å². The summed E-state index contributed by atoms with van der Waals surface area (Å²) in [5, 5.41) is 12.8. The molecule has 0 amide bonds. The van der Waals surface area contributed by atoms with Crippen molar-refractivity contribution < 1.29 is 37.4 Å². The number of rotatable bonds is 10. The highest BCUT2D eigenvalue weighted by atomic mass is 31.2. The molecule has 5 unspecified atom stereocenters. The molecule has 1 aromatic carbocycles. The van der Waals surface area contributed by atoms with Crippen LogP contribution in [-0.2, 0) is 23.4 Å². The number of carbonyl (C=O) groups is 1. The van der Waals surface area contributed by atoms with E-state index in [1.807, 2.05) is 4.98 Å². The summed E-state index contributed by atoms with van der Waals surface area (Å²) in [5.41, 5.74) is -1.87. The van der Waals surface area contributed by atoms with E-state index in [4.69, 9.17) is 18.5 Å². The number of esters is 1. The van der Waals surface area contributed by atoms with Gasteiger partial charge in [0.05, 0.1) is 6.10 Å². The first kappa shape index (κ1) is 27.5. The van der Waals surface area contributed by atoms with E-state index in [0.717, 1.165) is 16.8 Å². The molecule has 12 nitrogen and oxygen atoms in total. The van der Waals surface area contributed by atoms with Crippen molar-refractivity contribution >= 4 is 13.7 Å². The van der Waals surface area contributed by atoms with Crippen LogP contribution in [0, 0.1) is 0 Å². The van der Waals surface area contributed by atoms with E-state index in [2.05, 4.69) is 11.7 Å². The Labute approximate surface area is 205 Å². The average Bonchev–Trinajstić information content (AvgIpc) is 3.02. The molecule has 0 saturated carbocycles. The molecule has 1 aliphatic rings. The maximum atomic E-state index is 15.7. The Hall–Kier alpha value is -3.09. The summed E-state index contributed by atoms with van der Waals surface area (Å²) >= 11 is 0. The zero-order valence-electron chi connectivity index (χ0n) is 19.8. The van der Waals surface area contributed by atoms with Gasteiger partial charge in [-0.15, -0.1) is 0 Å². The molecule has 0 bridgehead atoms. The highest BCUT2D eigenvalue weighted by Gasteiger charge is 2.54. The van der Waals surface area contributed by atoms with Crippen LogP contribution in [0.2, 0.25) is 0 Å². The van der Waals surface area contributed by atoms with E-state index in [1.54, 1.807) is 32.0 Å². The molecule has 0 radical (unpaired) electrons. The molecule has 1 saturated heterocycles. The molecule has 2 aromatic rings. The number of hydrogen-bond donors (Lipinski definition) is 3. The van der Waals surface area contributed by atoms with Gasteiger partial charge in [0, 0.05) is 17.8 Å². The van der Waals surface area contributed by atoms with Crippen LogP contribution in [-0.4, -0.2) is 51.3 Å². The molecular formula is C22H27FN3O9P. The van der Waals surface area contributed by atoms with Gasteiger partial charge in [0.2, 0.25) is 0 Å². The van der Waals surface area contributed by atoms with Gasteiger partial charge in [0.15, 0.2) is 6.23 Å². The number of nitrogens with one attached hydrogen (secondary N) is 2. The first-order valence-electron chi connectivity index (χ1n) is 10.9. The van der Waals surface area contributed by atoms with Crippen LogP contribution in [0.3, 0.4) is 0 Å². The maximum absolute atomic E-state index is 15.7. The maximum Gasteiger partial charge on any atom is 0.459 e. The van der Waals surface area contributed by atoms with Crippen molar-refractivity contribution in [3.8, 4) is 5.75 Å². The number of H-pyrrole nitrogens is 1. The minimum Gasteiger partial charge on any atom is -0.462 e. The topological polar surface area (TPSA) is 158 Å². The molecule has 5 atom stereocenters. The van der Waals surface area contributed by atoms with Crippen LogP contribution < -0.4 is 20.9 Å². The molecule has 2 heterocycles. The molecule has 1 aliphatic heterocycles. The van der Waals surface area contributed by atoms with Crippen molar-refractivity contribution in [2.75, 3.05) is 6.61 Å². The van der Waals surface area contributed by atoms with Crippen molar-refractivity contribution in [2.24, 2.45) is 0 Å². The predicted molar refractivity (Wildman–Crippen MR) is 125 cm³/mol. The number of alkyl halides is 1. The minimum atomic E-state index is -4.47. The Morgan fingerprint density at radius 1 is 1.31 bits per heavy atom. The second-order valence-corrected chi connectivity index (χ2v) is 9.96. The van der Waals surface area contributed by atoms with Crippen molar-refractivity contribution in [1.29, 1.82) is 0 Å². The minimum absolute atomic E-state index is 0.0839. The summed E-state index contributed by atoms with van der Waals surface area (Å²) in [7, 11) is -4.47. The van der Waals surface area contributed by atoms with Gasteiger partial charge in [0.1, 0.15) is 24.5 Å². The van der Waals surface area contributed by atoms with Gasteiger partial charge in [-0.2, -0.15) is 5.09 Å². The van der Waals surface area contributed by atoms with Crippen LogP contribution in [0.5, 0.6) is 5.75 Å². The zero-order chi connectivity index (χ0) is 26.7. The van der Waals surface area contributed by atoms with Gasteiger partial charge >= 0.3 is 19.4 Å². The first-order chi connectivity index (χ1) is 16.8. The summed E-state index contributed by atoms with van der Waals surface area (Å²) in [4.78, 5) is 37.7. The normalized spacial score (nSPS) is 24.3. The molecule has 14 heteroatoms. The van der Waals surface area contributed by atoms with Gasteiger partial charge in [-0.25, -0.2) is 13.8 Å². The number of aliphatic hydroxyl groups is 1. The van der Waals surface area contributed by atoms with Gasteiger partial charge < -0.3 is 19.1 Å². The number of aromatic amines is 1. The van der Waals surface area contributed by atoms with E-state index in [9.17, 15) is 24.1 Å². The Morgan fingerprint density at radius 3 is 2.58 bits per heavy atom. The SMILES string of the molecule is C=C1C(n2ccc(=O)[nH]c2=O)OC(F)(COP(=O)(NC(C)C(=O)OC(C)C)Oc2ccccc2)C1O. The number of ether oxygens (including phenoxy) is 2. The zero-order valence-corrected chi connectivity index (χ0v) is 20.6. The Balaban J connectivity index is 1.82. The van der Waals surface area contributed by atoms with Gasteiger partial charge in [-0.3, -0.25) is 23.7 Å². The van der Waals surface area contributed by atoms with Gasteiger partial charge in [-0.05, 0) is 32.9 Å². The van der Waals surface area contributed by atoms with Crippen molar-refractivity contribution in [3.05, 3.63) is 75.6 Å². The Morgan fingerprint density at radius 2 is 1.97 bits per heavy atom. The summed E-state index contributed by atoms with van der Waals surface area (Å²) in [6, 6.07) is 7.60. The number of nitrogens with zero attached hydrogens (tertiary/aromatic N) is 1. The summed E-state index contributed by atoms with van der Waals surface area (Å²) < 4.78 is 51.1. The third-order valence-electron chi connectivity index (χ3n) is 4.95. The quantitative estimate of drug-likeness (QED) is 0.236. The number of hydrogen-bond acceptors (Lipinski definition) is 9. The lowest BCUT2D eigenvalue weighted by molar-refractivity contribution is -0.204. The molecule has 196 valence electrons. The van der Waals surface area contributed by atoms with E-state index in [1.165, 1.54) is 19.1 Å². The van der Waals surface area contributed by atoms with Crippen LogP contribution in [0.15, 0.2) is 64.3 Å². The number of halogens is 1. The van der Waals surface area contributed by atoms with E-state index in [-0.39, 0.29) is 11.3 Å². The molecule has 0 spiro atoms. The van der Waals surface area contributed by atoms with E-state index < -0.39 is 61.9 Å². The highest BCUT2D eigenvalue weighted by Crippen LogP contribution is 2.48. The summed E-state index contributed by atoms with van der Waals surface area (Å²) in [6.45, 7) is 7.02. The monoisotopic (exact) mass is 527 g/mol. The number of para-hydroxylation sites is 1. The summed E-state index contributed by atoms with van der Waals surface area (Å²) in [5.74, 6) is -3.69. The molecular weight excluding hydrogens is 500 g/mol. The van der Waals surface area contributed by atoms with Crippen molar-refractivity contribution in [3.63, 3.8) is 0 Å². The fourth-order valence-corrected chi connectivity index (χ4v) is 4.71. The largest absolute Gasteiger partial charge is 0.462 e. The van der Waals surface area contributed by atoms with Crippen molar-refractivity contribution in [1.82, 2.24) is 14.6 Å². The number of benzene rings is 1. The average molecular weight is 527 g/mol. The third-order valence-corrected chi connectivity index (χ3v) is 6.57. The second-order valence-electron chi connectivity index (χ2n) is 8.26. The van der Waals surface area contributed by atoms with Crippen LogP contribution in [0.1, 0.15) is 27.0 Å². The molecule has 1 fully saturated rings. The Kier molecular flexibility index (Phi) is 8.32. The number of aliphatic hydroxyl groups excluding tert-OH is 1. The van der Waals surface area contributed by atoms with Crippen molar-refractivity contribution in [2.45, 2.75) is 51.1 Å². The van der Waals surface area contributed by atoms with Crippen LogP contribution >= 0.6 is 7.75 Å². The van der Waals surface area contributed by atoms with Gasteiger partial charge in [-0.1, -0.05) is 24.8 Å². The first-order valence-corrected chi connectivity index (χ1v) is 12.4. The van der Waals surface area contributed by atoms with Crippen LogP contribution in [0.4, 0.5) is 4.39 Å². The highest BCUT2D eigenvalue weighted by molar-refractivity contribution is 7.52. The third kappa shape index (κ3) is 6.37. The number of aromatic nitrogens is 2. The smallest absolute Gasteiger partial charge is 0.459 e. The molecule has 1 aromatic heterocycles. The Bertz CT molecular complexity index is 1270. The molecule has 3 N–H and O–H groups in total.